The molecule has 0 saturated heterocycles. The Morgan fingerprint density at radius 2 is 1.67 bits per heavy atom. The highest BCUT2D eigenvalue weighted by Crippen LogP contribution is 2.35. The van der Waals surface area contributed by atoms with Crippen molar-refractivity contribution in [2.24, 2.45) is 0 Å². The summed E-state index contributed by atoms with van der Waals surface area (Å²) >= 11 is 7.37. The highest BCUT2D eigenvalue weighted by atomic mass is 35.5. The summed E-state index contributed by atoms with van der Waals surface area (Å²) in [6.45, 7) is 2.06. The van der Waals surface area contributed by atoms with Crippen LogP contribution in [-0.4, -0.2) is 10.5 Å². The van der Waals surface area contributed by atoms with Gasteiger partial charge in [-0.05, 0) is 48.9 Å². The fourth-order valence-electron chi connectivity index (χ4n) is 2.91. The van der Waals surface area contributed by atoms with Crippen molar-refractivity contribution in [3.8, 4) is 16.8 Å². The molecule has 0 fully saturated rings. The first kappa shape index (κ1) is 17.6. The van der Waals surface area contributed by atoms with Gasteiger partial charge in [-0.2, -0.15) is 0 Å². The minimum absolute atomic E-state index is 0.135. The van der Waals surface area contributed by atoms with E-state index in [9.17, 15) is 4.79 Å². The number of thiophene rings is 1. The van der Waals surface area contributed by atoms with Gasteiger partial charge in [0.2, 0.25) is 0 Å². The first-order valence-corrected chi connectivity index (χ1v) is 9.76. The van der Waals surface area contributed by atoms with Crippen LogP contribution < -0.4 is 5.32 Å². The van der Waals surface area contributed by atoms with Gasteiger partial charge in [-0.25, -0.2) is 0 Å². The smallest absolute Gasteiger partial charge is 0.267 e. The molecule has 5 heteroatoms. The molecule has 0 aliphatic heterocycles. The van der Waals surface area contributed by atoms with Crippen LogP contribution >= 0.6 is 22.9 Å². The number of aryl methyl sites for hydroxylation is 1. The van der Waals surface area contributed by atoms with Gasteiger partial charge in [-0.3, -0.25) is 4.79 Å². The number of hydrogen-bond donors (Lipinski definition) is 1. The van der Waals surface area contributed by atoms with E-state index in [-0.39, 0.29) is 5.91 Å². The van der Waals surface area contributed by atoms with Crippen molar-refractivity contribution >= 4 is 34.5 Å². The van der Waals surface area contributed by atoms with Gasteiger partial charge in [-0.1, -0.05) is 41.4 Å². The summed E-state index contributed by atoms with van der Waals surface area (Å²) in [4.78, 5) is 13.6. The van der Waals surface area contributed by atoms with Crippen LogP contribution in [0, 0.1) is 6.92 Å². The zero-order valence-corrected chi connectivity index (χ0v) is 16.2. The second kappa shape index (κ2) is 7.43. The van der Waals surface area contributed by atoms with E-state index in [0.29, 0.717) is 15.6 Å². The van der Waals surface area contributed by atoms with Gasteiger partial charge in [0.1, 0.15) is 4.88 Å². The molecule has 0 spiro atoms. The third-order valence-electron chi connectivity index (χ3n) is 4.30. The normalized spacial score (nSPS) is 10.7. The molecule has 0 bridgehead atoms. The number of aromatic nitrogens is 1. The number of halogens is 1. The van der Waals surface area contributed by atoms with Gasteiger partial charge < -0.3 is 9.88 Å². The van der Waals surface area contributed by atoms with Crippen molar-refractivity contribution in [3.05, 3.63) is 93.9 Å². The minimum Gasteiger partial charge on any atom is -0.322 e. The van der Waals surface area contributed by atoms with Gasteiger partial charge in [0.25, 0.3) is 5.91 Å². The van der Waals surface area contributed by atoms with Crippen LogP contribution in [0.1, 0.15) is 15.2 Å². The average Bonchev–Trinajstić information content (AvgIpc) is 3.33. The second-order valence-corrected chi connectivity index (χ2v) is 7.56. The minimum atomic E-state index is -0.135. The molecule has 1 N–H and O–H groups in total. The molecule has 0 aliphatic carbocycles. The lowest BCUT2D eigenvalue weighted by atomic mass is 10.0. The Kier molecular flexibility index (Phi) is 4.84. The first-order chi connectivity index (χ1) is 13.1. The Morgan fingerprint density at radius 3 is 2.33 bits per heavy atom. The molecule has 3 nitrogen and oxygen atoms in total. The summed E-state index contributed by atoms with van der Waals surface area (Å²) in [5, 5.41) is 5.64. The number of carbonyl (C=O) groups is 1. The highest BCUT2D eigenvalue weighted by molar-refractivity contribution is 7.13. The third-order valence-corrected chi connectivity index (χ3v) is 5.52. The quantitative estimate of drug-likeness (QED) is 0.427. The van der Waals surface area contributed by atoms with Gasteiger partial charge in [0.15, 0.2) is 0 Å². The molecule has 0 aliphatic rings. The summed E-state index contributed by atoms with van der Waals surface area (Å²) in [5.74, 6) is -0.135. The van der Waals surface area contributed by atoms with E-state index in [1.54, 1.807) is 24.3 Å². The number of nitrogens with one attached hydrogen (secondary N) is 1. The predicted octanol–water partition coefficient (Wildman–Crippen LogP) is 6.42. The number of carbonyl (C=O) groups excluding carboxylic acids is 1. The molecule has 2 heterocycles. The molecule has 1 amide bonds. The lowest BCUT2D eigenvalue weighted by Gasteiger charge is -2.10. The molecule has 0 saturated carbocycles. The van der Waals surface area contributed by atoms with E-state index < -0.39 is 0 Å². The molecule has 4 aromatic rings. The van der Waals surface area contributed by atoms with Crippen molar-refractivity contribution in [2.45, 2.75) is 6.92 Å². The highest BCUT2D eigenvalue weighted by Gasteiger charge is 2.20. The molecule has 0 radical (unpaired) electrons. The zero-order valence-electron chi connectivity index (χ0n) is 14.6. The standard InChI is InChI=1S/C22H17ClN2OS/c1-15-4-6-16(7-5-15)19-14-27-21(20(19)25-12-2-3-13-25)22(26)24-18-10-8-17(23)9-11-18/h2-14H,1H3,(H,24,26). The van der Waals surface area contributed by atoms with E-state index in [4.69, 9.17) is 11.6 Å². The summed E-state index contributed by atoms with van der Waals surface area (Å²) in [5.41, 5.74) is 4.94. The number of rotatable bonds is 4. The third kappa shape index (κ3) is 3.68. The summed E-state index contributed by atoms with van der Waals surface area (Å²) in [7, 11) is 0. The lowest BCUT2D eigenvalue weighted by molar-refractivity contribution is 0.103. The Bertz CT molecular complexity index is 1060. The number of hydrogen-bond acceptors (Lipinski definition) is 2. The maximum absolute atomic E-state index is 13.0. The second-order valence-electron chi connectivity index (χ2n) is 6.24. The van der Waals surface area contributed by atoms with Crippen molar-refractivity contribution in [1.29, 1.82) is 0 Å². The molecular weight excluding hydrogens is 376 g/mol. The Morgan fingerprint density at radius 1 is 1.00 bits per heavy atom. The molecule has 27 heavy (non-hydrogen) atoms. The molecular formula is C22H17ClN2OS. The van der Waals surface area contributed by atoms with Gasteiger partial charge >= 0.3 is 0 Å². The van der Waals surface area contributed by atoms with Crippen LogP contribution in [0.2, 0.25) is 5.02 Å². The molecule has 4 rings (SSSR count). The zero-order chi connectivity index (χ0) is 18.8. The Labute approximate surface area is 166 Å². The monoisotopic (exact) mass is 392 g/mol. The van der Waals surface area contributed by atoms with Gasteiger partial charge in [-0.15, -0.1) is 11.3 Å². The molecule has 134 valence electrons. The molecule has 2 aromatic heterocycles. The number of amides is 1. The lowest BCUT2D eigenvalue weighted by Crippen LogP contribution is -2.12. The molecule has 0 unspecified atom stereocenters. The predicted molar refractivity (Wildman–Crippen MR) is 113 cm³/mol. The van der Waals surface area contributed by atoms with Crippen molar-refractivity contribution in [2.75, 3.05) is 5.32 Å². The largest absolute Gasteiger partial charge is 0.322 e. The number of nitrogens with zero attached hydrogens (tertiary/aromatic N) is 1. The van der Waals surface area contributed by atoms with Crippen LogP contribution in [0.25, 0.3) is 16.8 Å². The van der Waals surface area contributed by atoms with Crippen LogP contribution in [0.5, 0.6) is 0 Å². The van der Waals surface area contributed by atoms with Crippen molar-refractivity contribution < 1.29 is 4.79 Å². The van der Waals surface area contributed by atoms with Crippen molar-refractivity contribution in [1.82, 2.24) is 4.57 Å². The van der Waals surface area contributed by atoms with Crippen LogP contribution in [-0.2, 0) is 0 Å². The van der Waals surface area contributed by atoms with Crippen LogP contribution in [0.3, 0.4) is 0 Å². The summed E-state index contributed by atoms with van der Waals surface area (Å²) in [6, 6.07) is 19.4. The van der Waals surface area contributed by atoms with Crippen LogP contribution in [0.15, 0.2) is 78.4 Å². The fraction of sp³-hybridized carbons (Fsp3) is 0.0455. The summed E-state index contributed by atoms with van der Waals surface area (Å²) in [6.07, 6.45) is 3.91. The number of benzene rings is 2. The van der Waals surface area contributed by atoms with E-state index in [1.807, 2.05) is 34.5 Å². The maximum Gasteiger partial charge on any atom is 0.267 e. The van der Waals surface area contributed by atoms with Crippen molar-refractivity contribution in [3.63, 3.8) is 0 Å². The van der Waals surface area contributed by atoms with Gasteiger partial charge in [0.05, 0.1) is 5.69 Å². The molecule has 2 aromatic carbocycles. The Hall–Kier alpha value is -2.82. The van der Waals surface area contributed by atoms with E-state index in [0.717, 1.165) is 16.8 Å². The number of anilines is 1. The van der Waals surface area contributed by atoms with E-state index >= 15 is 0 Å². The maximum atomic E-state index is 13.0. The SMILES string of the molecule is Cc1ccc(-c2csc(C(=O)Nc3ccc(Cl)cc3)c2-n2cccc2)cc1. The van der Waals surface area contributed by atoms with E-state index in [2.05, 4.69) is 36.5 Å². The molecule has 0 atom stereocenters. The fourth-order valence-corrected chi connectivity index (χ4v) is 4.01. The topological polar surface area (TPSA) is 34.0 Å². The summed E-state index contributed by atoms with van der Waals surface area (Å²) < 4.78 is 1.99. The Balaban J connectivity index is 1.75. The van der Waals surface area contributed by atoms with Crippen LogP contribution in [0.4, 0.5) is 5.69 Å². The average molecular weight is 393 g/mol. The first-order valence-electron chi connectivity index (χ1n) is 8.50. The van der Waals surface area contributed by atoms with Gasteiger partial charge in [0, 0.05) is 34.0 Å². The van der Waals surface area contributed by atoms with E-state index in [1.165, 1.54) is 16.9 Å².